The van der Waals surface area contributed by atoms with Gasteiger partial charge in [0.05, 0.1) is 18.8 Å². The molecule has 4 rings (SSSR count). The van der Waals surface area contributed by atoms with E-state index in [0.29, 0.717) is 24.7 Å². The molecule has 22 heavy (non-hydrogen) atoms. The molecule has 2 bridgehead atoms. The normalized spacial score (nSPS) is 28.4. The van der Waals surface area contributed by atoms with Crippen LogP contribution in [0.4, 0.5) is 8.78 Å². The van der Waals surface area contributed by atoms with Crippen molar-refractivity contribution in [2.45, 2.75) is 51.2 Å². The molecule has 3 nitrogen and oxygen atoms in total. The fourth-order valence-electron chi connectivity index (χ4n) is 3.60. The van der Waals surface area contributed by atoms with E-state index in [2.05, 4.69) is 5.32 Å². The molecule has 1 saturated carbocycles. The first-order valence-corrected chi connectivity index (χ1v) is 7.83. The third-order valence-corrected chi connectivity index (χ3v) is 4.96. The number of carbonyl (C=O) groups excluding carboxylic acids is 1. The summed E-state index contributed by atoms with van der Waals surface area (Å²) in [6.45, 7) is 2.35. The van der Waals surface area contributed by atoms with Crippen LogP contribution < -0.4 is 5.32 Å². The molecule has 5 heteroatoms. The van der Waals surface area contributed by atoms with Crippen molar-refractivity contribution in [3.8, 4) is 0 Å². The van der Waals surface area contributed by atoms with E-state index >= 15 is 0 Å². The van der Waals surface area contributed by atoms with Gasteiger partial charge in [0.1, 0.15) is 11.6 Å². The van der Waals surface area contributed by atoms with Crippen LogP contribution in [0.25, 0.3) is 0 Å². The van der Waals surface area contributed by atoms with Crippen LogP contribution in [-0.2, 0) is 9.53 Å². The predicted octanol–water partition coefficient (Wildman–Crippen LogP) is 3.49. The van der Waals surface area contributed by atoms with E-state index in [0.717, 1.165) is 31.7 Å². The smallest absolute Gasteiger partial charge is 0.221 e. The summed E-state index contributed by atoms with van der Waals surface area (Å²) in [6.07, 6.45) is 4.86. The maximum Gasteiger partial charge on any atom is 0.221 e. The number of hydrogen-bond donors (Lipinski definition) is 1. The second kappa shape index (κ2) is 5.95. The number of hydrogen-bond acceptors (Lipinski definition) is 2. The van der Waals surface area contributed by atoms with Gasteiger partial charge in [-0.3, -0.25) is 4.79 Å². The number of rotatable bonds is 4. The lowest BCUT2D eigenvalue weighted by Gasteiger charge is -2.46. The van der Waals surface area contributed by atoms with Gasteiger partial charge in [-0.25, -0.2) is 8.78 Å². The van der Waals surface area contributed by atoms with Gasteiger partial charge in [0.2, 0.25) is 5.91 Å². The summed E-state index contributed by atoms with van der Waals surface area (Å²) in [4.78, 5) is 12.3. The minimum Gasteiger partial charge on any atom is -0.378 e. The van der Waals surface area contributed by atoms with Gasteiger partial charge in [-0.15, -0.1) is 0 Å². The van der Waals surface area contributed by atoms with Gasteiger partial charge < -0.3 is 10.1 Å². The van der Waals surface area contributed by atoms with Crippen LogP contribution in [0.1, 0.15) is 50.6 Å². The molecular weight excluding hydrogens is 288 g/mol. The zero-order valence-electron chi connectivity index (χ0n) is 12.7. The predicted molar refractivity (Wildman–Crippen MR) is 78.2 cm³/mol. The number of fused-ring (bicyclic) bond motifs is 3. The Kier molecular flexibility index (Phi) is 4.17. The molecule has 2 heterocycles. The number of nitrogens with one attached hydrogen (secondary N) is 1. The number of halogens is 2. The topological polar surface area (TPSA) is 38.3 Å². The molecule has 1 aliphatic carbocycles. The third-order valence-electron chi connectivity index (χ3n) is 4.96. The first-order valence-electron chi connectivity index (χ1n) is 7.83. The average Bonchev–Trinajstić information content (AvgIpc) is 2.48. The van der Waals surface area contributed by atoms with Crippen LogP contribution in [0.5, 0.6) is 0 Å². The SMILES string of the molecule is C[C@H](NC(=O)CC12CCC(CC1)OC2)c1ccc(F)cc1F. The molecule has 1 aromatic carbocycles. The molecule has 2 saturated heterocycles. The van der Waals surface area contributed by atoms with Gasteiger partial charge in [-0.1, -0.05) is 6.07 Å². The third kappa shape index (κ3) is 3.14. The van der Waals surface area contributed by atoms with Crippen LogP contribution in [0.2, 0.25) is 0 Å². The highest BCUT2D eigenvalue weighted by Crippen LogP contribution is 2.45. The number of benzene rings is 1. The molecule has 3 fully saturated rings. The fourth-order valence-corrected chi connectivity index (χ4v) is 3.60. The van der Waals surface area contributed by atoms with Crippen molar-refractivity contribution in [2.24, 2.45) is 5.41 Å². The van der Waals surface area contributed by atoms with Crippen molar-refractivity contribution in [3.05, 3.63) is 35.4 Å². The monoisotopic (exact) mass is 309 g/mol. The summed E-state index contributed by atoms with van der Waals surface area (Å²) < 4.78 is 32.4. The summed E-state index contributed by atoms with van der Waals surface area (Å²) in [5.41, 5.74) is 0.246. The summed E-state index contributed by atoms with van der Waals surface area (Å²) in [5.74, 6) is -1.34. The Hall–Kier alpha value is -1.49. The van der Waals surface area contributed by atoms with Gasteiger partial charge >= 0.3 is 0 Å². The molecule has 3 aliphatic rings. The van der Waals surface area contributed by atoms with Crippen molar-refractivity contribution in [2.75, 3.05) is 6.61 Å². The molecule has 0 unspecified atom stereocenters. The lowest BCUT2D eigenvalue weighted by atomic mass is 9.69. The van der Waals surface area contributed by atoms with Crippen molar-refractivity contribution in [1.29, 1.82) is 0 Å². The second-order valence-electron chi connectivity index (χ2n) is 6.64. The summed E-state index contributed by atoms with van der Waals surface area (Å²) >= 11 is 0. The molecule has 2 aliphatic heterocycles. The zero-order valence-corrected chi connectivity index (χ0v) is 12.7. The van der Waals surface area contributed by atoms with Crippen molar-refractivity contribution in [1.82, 2.24) is 5.32 Å². The van der Waals surface area contributed by atoms with E-state index in [1.54, 1.807) is 6.92 Å². The standard InChI is InChI=1S/C17H21F2NO2/c1-11(14-3-2-12(18)8-15(14)19)20-16(21)9-17-6-4-13(5-7-17)22-10-17/h2-3,8,11,13H,4-7,9-10H2,1H3,(H,20,21)/t11-,13?,17?/m0/s1. The Morgan fingerprint density at radius 2 is 2.14 bits per heavy atom. The number of carbonyl (C=O) groups is 1. The Morgan fingerprint density at radius 1 is 1.41 bits per heavy atom. The summed E-state index contributed by atoms with van der Waals surface area (Å²) in [5, 5.41) is 2.82. The zero-order chi connectivity index (χ0) is 15.7. The van der Waals surface area contributed by atoms with E-state index in [9.17, 15) is 13.6 Å². The van der Waals surface area contributed by atoms with Crippen LogP contribution in [0.15, 0.2) is 18.2 Å². The molecule has 1 N–H and O–H groups in total. The van der Waals surface area contributed by atoms with E-state index in [4.69, 9.17) is 4.74 Å². The van der Waals surface area contributed by atoms with Gasteiger partial charge in [0, 0.05) is 23.5 Å². The second-order valence-corrected chi connectivity index (χ2v) is 6.64. The van der Waals surface area contributed by atoms with Gasteiger partial charge in [0.25, 0.3) is 0 Å². The van der Waals surface area contributed by atoms with Crippen molar-refractivity contribution >= 4 is 5.91 Å². The van der Waals surface area contributed by atoms with E-state index in [1.807, 2.05) is 0 Å². The first kappa shape index (κ1) is 15.4. The van der Waals surface area contributed by atoms with Crippen molar-refractivity contribution < 1.29 is 18.3 Å². The maximum atomic E-state index is 13.7. The van der Waals surface area contributed by atoms with Gasteiger partial charge in [0.15, 0.2) is 0 Å². The molecule has 1 atom stereocenters. The molecule has 0 spiro atoms. The van der Waals surface area contributed by atoms with Crippen LogP contribution >= 0.6 is 0 Å². The lowest BCUT2D eigenvalue weighted by Crippen LogP contribution is -2.45. The molecular formula is C17H21F2NO2. The van der Waals surface area contributed by atoms with Crippen molar-refractivity contribution in [3.63, 3.8) is 0 Å². The van der Waals surface area contributed by atoms with E-state index < -0.39 is 17.7 Å². The molecule has 1 aromatic rings. The van der Waals surface area contributed by atoms with Crippen LogP contribution in [0, 0.1) is 17.0 Å². The number of ether oxygens (including phenoxy) is 1. The Balaban J connectivity index is 1.61. The Labute approximate surface area is 129 Å². The number of amides is 1. The minimum absolute atomic E-state index is 0.0557. The first-order chi connectivity index (χ1) is 10.5. The maximum absolute atomic E-state index is 13.7. The molecule has 0 aromatic heterocycles. The fraction of sp³-hybridized carbons (Fsp3) is 0.588. The van der Waals surface area contributed by atoms with Gasteiger partial charge in [-0.05, 0) is 38.7 Å². The highest BCUT2D eigenvalue weighted by Gasteiger charge is 2.42. The van der Waals surface area contributed by atoms with Crippen LogP contribution in [0.3, 0.4) is 0 Å². The largest absolute Gasteiger partial charge is 0.378 e. The lowest BCUT2D eigenvalue weighted by molar-refractivity contribution is -0.140. The Morgan fingerprint density at radius 3 is 2.73 bits per heavy atom. The summed E-state index contributed by atoms with van der Waals surface area (Å²) in [7, 11) is 0. The summed E-state index contributed by atoms with van der Waals surface area (Å²) in [6, 6.07) is 2.94. The van der Waals surface area contributed by atoms with Gasteiger partial charge in [-0.2, -0.15) is 0 Å². The Bertz CT molecular complexity index is 554. The molecule has 120 valence electrons. The highest BCUT2D eigenvalue weighted by atomic mass is 19.1. The average molecular weight is 309 g/mol. The highest BCUT2D eigenvalue weighted by molar-refractivity contribution is 5.77. The van der Waals surface area contributed by atoms with E-state index in [-0.39, 0.29) is 11.3 Å². The van der Waals surface area contributed by atoms with Crippen LogP contribution in [-0.4, -0.2) is 18.6 Å². The van der Waals surface area contributed by atoms with E-state index in [1.165, 1.54) is 12.1 Å². The quantitative estimate of drug-likeness (QED) is 0.924. The minimum atomic E-state index is -0.632. The molecule has 1 amide bonds. The molecule has 0 radical (unpaired) electrons.